The highest BCUT2D eigenvalue weighted by Crippen LogP contribution is 2.16. The summed E-state index contributed by atoms with van der Waals surface area (Å²) in [5, 5.41) is 0.586. The summed E-state index contributed by atoms with van der Waals surface area (Å²) in [7, 11) is -7.01. The fraction of sp³-hybridized carbons (Fsp3) is 0.462. The van der Waals surface area contributed by atoms with Crippen LogP contribution in [0.2, 0.25) is 0 Å². The lowest BCUT2D eigenvalue weighted by molar-refractivity contribution is 0.589. The van der Waals surface area contributed by atoms with Crippen LogP contribution >= 0.6 is 11.8 Å². The maximum Gasteiger partial charge on any atom is 0.179 e. The van der Waals surface area contributed by atoms with Crippen LogP contribution < -0.4 is 0 Å². The first-order valence-electron chi connectivity index (χ1n) is 6.44. The van der Waals surface area contributed by atoms with Crippen molar-refractivity contribution in [1.82, 2.24) is 0 Å². The minimum atomic E-state index is -3.57. The molecule has 1 aromatic carbocycles. The van der Waals surface area contributed by atoms with Crippen molar-refractivity contribution in [2.75, 3.05) is 29.6 Å². The molecular weight excluding hydrogens is 330 g/mol. The molecule has 0 bridgehead atoms. The van der Waals surface area contributed by atoms with Gasteiger partial charge in [-0.2, -0.15) is 0 Å². The summed E-state index contributed by atoms with van der Waals surface area (Å²) < 4.78 is 48.2. The van der Waals surface area contributed by atoms with Gasteiger partial charge in [0.1, 0.15) is 0 Å². The first-order chi connectivity index (χ1) is 9.78. The monoisotopic (exact) mass is 347 g/mol. The zero-order valence-electron chi connectivity index (χ0n) is 11.6. The quantitative estimate of drug-likeness (QED) is 0.775. The van der Waals surface area contributed by atoms with E-state index in [2.05, 4.69) is 4.99 Å². The fourth-order valence-corrected chi connectivity index (χ4v) is 6.59. The summed E-state index contributed by atoms with van der Waals surface area (Å²) in [4.78, 5) is 4.25. The van der Waals surface area contributed by atoms with Gasteiger partial charge >= 0.3 is 0 Å². The Kier molecular flexibility index (Phi) is 5.11. The van der Waals surface area contributed by atoms with Crippen molar-refractivity contribution >= 4 is 36.5 Å². The molecule has 21 heavy (non-hydrogen) atoms. The topological polar surface area (TPSA) is 80.6 Å². The standard InChI is InChI=1S/C13H17NO4S3/c1-11-2-4-12(5-3-11)21(17,18)9-8-20(15,16)10-13-14-6-7-19-13/h2-5H,6-10H2,1H3. The second-order valence-corrected chi connectivity index (χ2v) is 10.3. The van der Waals surface area contributed by atoms with Gasteiger partial charge in [-0.3, -0.25) is 4.99 Å². The van der Waals surface area contributed by atoms with Gasteiger partial charge in [-0.15, -0.1) is 11.8 Å². The number of hydrogen-bond acceptors (Lipinski definition) is 6. The molecule has 1 aromatic rings. The number of aryl methyl sites for hydroxylation is 1. The molecule has 0 unspecified atom stereocenters. The Bertz CT molecular complexity index is 734. The Hall–Kier alpha value is -0.860. The summed E-state index contributed by atoms with van der Waals surface area (Å²) in [5.41, 5.74) is 0.956. The van der Waals surface area contributed by atoms with Crippen LogP contribution in [0.25, 0.3) is 0 Å². The van der Waals surface area contributed by atoms with Crippen molar-refractivity contribution in [3.63, 3.8) is 0 Å². The highest BCUT2D eigenvalue weighted by atomic mass is 32.2. The number of hydrogen-bond donors (Lipinski definition) is 0. The maximum atomic E-state index is 12.1. The molecule has 116 valence electrons. The molecule has 1 heterocycles. The minimum Gasteiger partial charge on any atom is -0.281 e. The van der Waals surface area contributed by atoms with Gasteiger partial charge in [-0.25, -0.2) is 16.8 Å². The van der Waals surface area contributed by atoms with Gasteiger partial charge in [0, 0.05) is 12.3 Å². The first-order valence-corrected chi connectivity index (χ1v) is 10.9. The van der Waals surface area contributed by atoms with E-state index in [1.165, 1.54) is 23.9 Å². The van der Waals surface area contributed by atoms with E-state index in [0.29, 0.717) is 11.6 Å². The van der Waals surface area contributed by atoms with Crippen LogP contribution in [0.3, 0.4) is 0 Å². The van der Waals surface area contributed by atoms with Crippen LogP contribution in [0.1, 0.15) is 5.56 Å². The van der Waals surface area contributed by atoms with E-state index in [0.717, 1.165) is 11.3 Å². The largest absolute Gasteiger partial charge is 0.281 e. The Balaban J connectivity index is 2.02. The van der Waals surface area contributed by atoms with Crippen LogP contribution in [0.5, 0.6) is 0 Å². The van der Waals surface area contributed by atoms with Crippen LogP contribution in [0, 0.1) is 6.92 Å². The molecule has 0 saturated carbocycles. The smallest absolute Gasteiger partial charge is 0.179 e. The molecule has 0 fully saturated rings. The van der Waals surface area contributed by atoms with E-state index in [-0.39, 0.29) is 16.4 Å². The van der Waals surface area contributed by atoms with Crippen LogP contribution in [-0.2, 0) is 19.7 Å². The predicted molar refractivity (Wildman–Crippen MR) is 86.6 cm³/mol. The normalized spacial score (nSPS) is 16.0. The summed E-state index contributed by atoms with van der Waals surface area (Å²) in [6, 6.07) is 6.42. The van der Waals surface area contributed by atoms with Crippen molar-refractivity contribution in [3.8, 4) is 0 Å². The van der Waals surface area contributed by atoms with Gasteiger partial charge in [-0.05, 0) is 19.1 Å². The average Bonchev–Trinajstić information content (AvgIpc) is 2.89. The van der Waals surface area contributed by atoms with Gasteiger partial charge in [0.25, 0.3) is 0 Å². The van der Waals surface area contributed by atoms with E-state index < -0.39 is 25.4 Å². The summed E-state index contributed by atoms with van der Waals surface area (Å²) in [6.45, 7) is 2.50. The van der Waals surface area contributed by atoms with E-state index in [1.54, 1.807) is 12.1 Å². The maximum absolute atomic E-state index is 12.1. The molecule has 0 saturated heterocycles. The predicted octanol–water partition coefficient (Wildman–Crippen LogP) is 1.33. The molecule has 8 heteroatoms. The Morgan fingerprint density at radius 3 is 2.33 bits per heavy atom. The lowest BCUT2D eigenvalue weighted by Gasteiger charge is -2.06. The van der Waals surface area contributed by atoms with Crippen molar-refractivity contribution in [1.29, 1.82) is 0 Å². The molecule has 1 aliphatic heterocycles. The third kappa shape index (κ3) is 4.82. The second kappa shape index (κ2) is 6.50. The van der Waals surface area contributed by atoms with E-state index in [1.807, 2.05) is 6.92 Å². The Labute approximate surface area is 129 Å². The second-order valence-electron chi connectivity index (χ2n) is 4.85. The lowest BCUT2D eigenvalue weighted by Crippen LogP contribution is -2.22. The molecule has 0 aliphatic carbocycles. The van der Waals surface area contributed by atoms with Crippen LogP contribution in [0.15, 0.2) is 34.2 Å². The zero-order valence-corrected chi connectivity index (χ0v) is 14.1. The number of sulfone groups is 2. The number of rotatable bonds is 6. The van der Waals surface area contributed by atoms with E-state index in [4.69, 9.17) is 0 Å². The number of benzene rings is 1. The van der Waals surface area contributed by atoms with Crippen molar-refractivity contribution in [2.24, 2.45) is 4.99 Å². The summed E-state index contributed by atoms with van der Waals surface area (Å²) in [6.07, 6.45) is 0. The number of nitrogens with zero attached hydrogens (tertiary/aromatic N) is 1. The van der Waals surface area contributed by atoms with E-state index in [9.17, 15) is 16.8 Å². The molecule has 0 radical (unpaired) electrons. The van der Waals surface area contributed by atoms with Crippen molar-refractivity contribution in [2.45, 2.75) is 11.8 Å². The molecule has 0 N–H and O–H groups in total. The third-order valence-electron chi connectivity index (χ3n) is 3.03. The van der Waals surface area contributed by atoms with E-state index >= 15 is 0 Å². The van der Waals surface area contributed by atoms with Gasteiger partial charge in [-0.1, -0.05) is 17.7 Å². The average molecular weight is 347 g/mol. The number of aliphatic imine (C=N–C) groups is 1. The lowest BCUT2D eigenvalue weighted by atomic mass is 10.2. The van der Waals surface area contributed by atoms with Gasteiger partial charge < -0.3 is 0 Å². The summed E-state index contributed by atoms with van der Waals surface area (Å²) in [5.74, 6) is -0.118. The zero-order chi connectivity index (χ0) is 15.5. The molecular formula is C13H17NO4S3. The fourth-order valence-electron chi connectivity index (χ4n) is 1.83. The highest BCUT2D eigenvalue weighted by Gasteiger charge is 2.22. The van der Waals surface area contributed by atoms with Gasteiger partial charge in [0.15, 0.2) is 19.7 Å². The van der Waals surface area contributed by atoms with Gasteiger partial charge in [0.2, 0.25) is 0 Å². The molecule has 0 aromatic heterocycles. The Morgan fingerprint density at radius 1 is 1.10 bits per heavy atom. The molecule has 1 aliphatic rings. The molecule has 0 amide bonds. The molecule has 0 spiro atoms. The number of thioether (sulfide) groups is 1. The van der Waals surface area contributed by atoms with Gasteiger partial charge in [0.05, 0.1) is 27.2 Å². The molecule has 0 atom stereocenters. The highest BCUT2D eigenvalue weighted by molar-refractivity contribution is 8.15. The van der Waals surface area contributed by atoms with Crippen molar-refractivity contribution < 1.29 is 16.8 Å². The molecule has 2 rings (SSSR count). The van der Waals surface area contributed by atoms with Crippen LogP contribution in [0.4, 0.5) is 0 Å². The minimum absolute atomic E-state index is 0.152. The first kappa shape index (κ1) is 16.5. The SMILES string of the molecule is Cc1ccc(S(=O)(=O)CCS(=O)(=O)CC2=NCCS2)cc1. The third-order valence-corrected chi connectivity index (χ3v) is 7.74. The Morgan fingerprint density at radius 2 is 1.76 bits per heavy atom. The van der Waals surface area contributed by atoms with Crippen molar-refractivity contribution in [3.05, 3.63) is 29.8 Å². The summed E-state index contributed by atoms with van der Waals surface area (Å²) >= 11 is 1.42. The molecule has 5 nitrogen and oxygen atoms in total. The van der Waals surface area contributed by atoms with Crippen LogP contribution in [-0.4, -0.2) is 51.4 Å².